The first-order valence-electron chi connectivity index (χ1n) is 3.45. The van der Waals surface area contributed by atoms with Crippen LogP contribution in [0.5, 0.6) is 0 Å². The van der Waals surface area contributed by atoms with Crippen molar-refractivity contribution in [3.8, 4) is 12.3 Å². The third-order valence-corrected chi connectivity index (χ3v) is 2.24. The Labute approximate surface area is 85.4 Å². The minimum atomic E-state index is -0.797. The average molecular weight is 222 g/mol. The second-order valence-electron chi connectivity index (χ2n) is 2.35. The maximum atomic E-state index is 5.66. The molecule has 0 aromatic rings. The number of hydrogen-bond donors (Lipinski definition) is 0. The summed E-state index contributed by atoms with van der Waals surface area (Å²) < 4.78 is 5.47. The van der Waals surface area contributed by atoms with Gasteiger partial charge in [-0.05, 0) is 25.2 Å². The fraction of sp³-hybridized carbons (Fsp3) is 0.500. The van der Waals surface area contributed by atoms with Crippen LogP contribution in [0, 0.1) is 12.3 Å². The Bertz CT molecular complexity index is 184. The Balaban J connectivity index is 4.06. The lowest BCUT2D eigenvalue weighted by molar-refractivity contribution is 0.270. The lowest BCUT2D eigenvalue weighted by atomic mass is 10.3. The summed E-state index contributed by atoms with van der Waals surface area (Å²) >= 11 is 11.3. The van der Waals surface area contributed by atoms with E-state index < -0.39 is 13.9 Å². The fourth-order valence-corrected chi connectivity index (χ4v) is 1.80. The molecule has 0 aromatic heterocycles. The van der Waals surface area contributed by atoms with Gasteiger partial charge in [0.15, 0.2) is 0 Å². The van der Waals surface area contributed by atoms with Crippen LogP contribution < -0.4 is 0 Å². The lowest BCUT2D eigenvalue weighted by Crippen LogP contribution is -2.24. The summed E-state index contributed by atoms with van der Waals surface area (Å²) in [5.74, 6) is 2.36. The van der Waals surface area contributed by atoms with E-state index in [4.69, 9.17) is 34.1 Å². The minimum Gasteiger partial charge on any atom is -0.408 e. The molecule has 1 nitrogen and oxygen atoms in total. The van der Waals surface area contributed by atoms with E-state index in [9.17, 15) is 0 Å². The first-order chi connectivity index (χ1) is 5.57. The van der Waals surface area contributed by atoms with Gasteiger partial charge in [-0.15, -0.1) is 29.6 Å². The normalized spacial score (nSPS) is 14.1. The molecule has 0 amide bonds. The number of rotatable bonds is 4. The van der Waals surface area contributed by atoms with Crippen molar-refractivity contribution >= 4 is 32.2 Å². The van der Waals surface area contributed by atoms with Crippen LogP contribution in [-0.2, 0) is 4.43 Å². The highest BCUT2D eigenvalue weighted by atomic mass is 35.5. The highest BCUT2D eigenvalue weighted by molar-refractivity contribution is 6.49. The van der Waals surface area contributed by atoms with Gasteiger partial charge in [-0.25, -0.2) is 0 Å². The van der Waals surface area contributed by atoms with Gasteiger partial charge >= 0.3 is 0 Å². The molecule has 0 heterocycles. The SMILES string of the molecule is C#C/C=C/C(O[Si](C)C)C(Cl)Cl. The molecule has 0 saturated heterocycles. The van der Waals surface area contributed by atoms with E-state index in [0.717, 1.165) is 0 Å². The number of alkyl halides is 2. The van der Waals surface area contributed by atoms with Crippen molar-refractivity contribution < 1.29 is 4.43 Å². The van der Waals surface area contributed by atoms with Crippen LogP contribution in [0.25, 0.3) is 0 Å². The minimum absolute atomic E-state index is 0.284. The second-order valence-corrected chi connectivity index (χ2v) is 5.57. The van der Waals surface area contributed by atoms with Crippen molar-refractivity contribution in [3.05, 3.63) is 12.2 Å². The molecule has 0 aliphatic carbocycles. The van der Waals surface area contributed by atoms with Crippen LogP contribution in [0.2, 0.25) is 13.1 Å². The fourth-order valence-electron chi connectivity index (χ4n) is 0.597. The first-order valence-corrected chi connectivity index (χ1v) is 6.73. The van der Waals surface area contributed by atoms with Crippen molar-refractivity contribution in [2.75, 3.05) is 0 Å². The lowest BCUT2D eigenvalue weighted by Gasteiger charge is -2.16. The van der Waals surface area contributed by atoms with Gasteiger partial charge in [-0.1, -0.05) is 5.92 Å². The van der Waals surface area contributed by atoms with Crippen LogP contribution in [0.1, 0.15) is 0 Å². The molecule has 0 aliphatic rings. The Morgan fingerprint density at radius 3 is 2.42 bits per heavy atom. The molecule has 0 N–H and O–H groups in total. The number of halogens is 2. The third kappa shape index (κ3) is 5.67. The highest BCUT2D eigenvalue weighted by Crippen LogP contribution is 2.13. The average Bonchev–Trinajstić information content (AvgIpc) is 1.96. The van der Waals surface area contributed by atoms with Gasteiger partial charge in [0.2, 0.25) is 9.04 Å². The van der Waals surface area contributed by atoms with Crippen molar-refractivity contribution in [2.45, 2.75) is 24.0 Å². The molecule has 1 atom stereocenters. The molecule has 0 fully saturated rings. The van der Waals surface area contributed by atoms with Gasteiger partial charge in [0.25, 0.3) is 0 Å². The van der Waals surface area contributed by atoms with Gasteiger partial charge in [-0.2, -0.15) is 0 Å². The Hall–Kier alpha value is 0.0569. The van der Waals surface area contributed by atoms with Crippen LogP contribution in [0.3, 0.4) is 0 Å². The van der Waals surface area contributed by atoms with E-state index in [1.54, 1.807) is 12.2 Å². The Morgan fingerprint density at radius 1 is 1.50 bits per heavy atom. The van der Waals surface area contributed by atoms with Gasteiger partial charge in [0, 0.05) is 0 Å². The molecule has 1 radical (unpaired) electrons. The van der Waals surface area contributed by atoms with Gasteiger partial charge in [0.05, 0.1) is 6.10 Å². The predicted molar refractivity (Wildman–Crippen MR) is 55.8 cm³/mol. The summed E-state index contributed by atoms with van der Waals surface area (Å²) in [6.45, 7) is 4.02. The van der Waals surface area contributed by atoms with Crippen molar-refractivity contribution in [2.24, 2.45) is 0 Å². The third-order valence-electron chi connectivity index (χ3n) is 1.00. The molecule has 12 heavy (non-hydrogen) atoms. The van der Waals surface area contributed by atoms with Crippen molar-refractivity contribution in [1.29, 1.82) is 0 Å². The number of hydrogen-bond acceptors (Lipinski definition) is 1. The van der Waals surface area contributed by atoms with Gasteiger partial charge in [0.1, 0.15) is 4.84 Å². The summed E-state index contributed by atoms with van der Waals surface area (Å²) in [5.41, 5.74) is 0. The zero-order valence-electron chi connectivity index (χ0n) is 7.05. The topological polar surface area (TPSA) is 9.23 Å². The molecular weight excluding hydrogens is 211 g/mol. The van der Waals surface area contributed by atoms with Crippen molar-refractivity contribution in [3.63, 3.8) is 0 Å². The van der Waals surface area contributed by atoms with Crippen LogP contribution in [0.4, 0.5) is 0 Å². The summed E-state index contributed by atoms with van der Waals surface area (Å²) in [6, 6.07) is 0. The standard InChI is InChI=1S/C8H11Cl2OSi/c1-4-5-6-7(8(9)10)11-12(2)3/h1,5-8H,2-3H3/b6-5+. The van der Waals surface area contributed by atoms with E-state index in [2.05, 4.69) is 5.92 Å². The molecule has 67 valence electrons. The molecular formula is C8H11Cl2OSi. The van der Waals surface area contributed by atoms with E-state index in [1.165, 1.54) is 0 Å². The zero-order valence-corrected chi connectivity index (χ0v) is 9.56. The molecule has 0 saturated carbocycles. The van der Waals surface area contributed by atoms with E-state index in [1.807, 2.05) is 13.1 Å². The monoisotopic (exact) mass is 221 g/mol. The summed E-state index contributed by atoms with van der Waals surface area (Å²) in [7, 11) is -0.797. The smallest absolute Gasteiger partial charge is 0.205 e. The molecule has 4 heteroatoms. The molecule has 0 spiro atoms. The van der Waals surface area contributed by atoms with Gasteiger partial charge < -0.3 is 4.43 Å². The summed E-state index contributed by atoms with van der Waals surface area (Å²) in [5, 5.41) is 0. The molecule has 0 aliphatic heterocycles. The maximum absolute atomic E-state index is 5.66. The summed E-state index contributed by atoms with van der Waals surface area (Å²) in [6.07, 6.45) is 8.00. The van der Waals surface area contributed by atoms with Crippen LogP contribution in [0.15, 0.2) is 12.2 Å². The van der Waals surface area contributed by atoms with E-state index in [0.29, 0.717) is 0 Å². The number of allylic oxidation sites excluding steroid dienone is 1. The highest BCUT2D eigenvalue weighted by Gasteiger charge is 2.15. The number of terminal acetylenes is 1. The largest absolute Gasteiger partial charge is 0.408 e. The van der Waals surface area contributed by atoms with E-state index >= 15 is 0 Å². The van der Waals surface area contributed by atoms with Crippen molar-refractivity contribution in [1.82, 2.24) is 0 Å². The first kappa shape index (κ1) is 12.1. The molecule has 1 unspecified atom stereocenters. The van der Waals surface area contributed by atoms with E-state index in [-0.39, 0.29) is 6.10 Å². The van der Waals surface area contributed by atoms with Gasteiger partial charge in [-0.3, -0.25) is 0 Å². The Kier molecular flexibility index (Phi) is 6.59. The second kappa shape index (κ2) is 6.56. The maximum Gasteiger partial charge on any atom is 0.205 e. The molecule has 0 bridgehead atoms. The Morgan fingerprint density at radius 2 is 2.08 bits per heavy atom. The molecule has 0 rings (SSSR count). The molecule has 0 aromatic carbocycles. The van der Waals surface area contributed by atoms with Crippen LogP contribution in [-0.4, -0.2) is 20.0 Å². The quantitative estimate of drug-likeness (QED) is 0.403. The predicted octanol–water partition coefficient (Wildman–Crippen LogP) is 2.62. The van der Waals surface area contributed by atoms with Crippen LogP contribution >= 0.6 is 23.2 Å². The zero-order chi connectivity index (χ0) is 9.56. The summed E-state index contributed by atoms with van der Waals surface area (Å²) in [4.78, 5) is -0.561.